The molecule has 18 heavy (non-hydrogen) atoms. The molecule has 3 rings (SSSR count). The fourth-order valence-electron chi connectivity index (χ4n) is 2.03. The van der Waals surface area contributed by atoms with Crippen LogP contribution in [0, 0.1) is 13.8 Å². The molecule has 0 aliphatic heterocycles. The lowest BCUT2D eigenvalue weighted by molar-refractivity contribution is 1.05. The second kappa shape index (κ2) is 4.07. The second-order valence-electron chi connectivity index (χ2n) is 4.16. The van der Waals surface area contributed by atoms with Gasteiger partial charge in [-0.05, 0) is 26.0 Å². The summed E-state index contributed by atoms with van der Waals surface area (Å²) in [5, 5.41) is 8.72. The van der Waals surface area contributed by atoms with Gasteiger partial charge in [-0.3, -0.25) is 5.10 Å². The highest BCUT2D eigenvalue weighted by atomic mass is 35.5. The molecule has 0 bridgehead atoms. The topological polar surface area (TPSA) is 54.5 Å². The summed E-state index contributed by atoms with van der Waals surface area (Å²) in [5.41, 5.74) is 3.38. The largest absolute Gasteiger partial charge is 0.280 e. The van der Waals surface area contributed by atoms with Gasteiger partial charge in [0.15, 0.2) is 11.5 Å². The molecule has 0 saturated carbocycles. The van der Waals surface area contributed by atoms with E-state index in [2.05, 4.69) is 20.2 Å². The average molecular weight is 259 g/mol. The van der Waals surface area contributed by atoms with Crippen LogP contribution in [-0.2, 0) is 0 Å². The van der Waals surface area contributed by atoms with Gasteiger partial charge in [0, 0.05) is 11.3 Å². The van der Waals surface area contributed by atoms with E-state index in [-0.39, 0.29) is 0 Å². The first kappa shape index (κ1) is 11.2. The molecule has 0 atom stereocenters. The maximum Gasteiger partial charge on any atom is 0.185 e. The molecule has 1 aromatic carbocycles. The zero-order valence-corrected chi connectivity index (χ0v) is 10.8. The van der Waals surface area contributed by atoms with Crippen molar-refractivity contribution in [2.24, 2.45) is 0 Å². The molecule has 5 heteroatoms. The normalized spacial score (nSPS) is 11.1. The molecule has 1 N–H and O–H groups in total. The maximum atomic E-state index is 6.16. The molecule has 2 heterocycles. The summed E-state index contributed by atoms with van der Waals surface area (Å²) in [7, 11) is 0. The van der Waals surface area contributed by atoms with E-state index in [1.165, 1.54) is 0 Å². The summed E-state index contributed by atoms with van der Waals surface area (Å²) in [6, 6.07) is 7.54. The quantitative estimate of drug-likeness (QED) is 0.729. The minimum absolute atomic E-state index is 0.608. The van der Waals surface area contributed by atoms with Crippen molar-refractivity contribution in [1.82, 2.24) is 20.2 Å². The first-order valence-electron chi connectivity index (χ1n) is 5.61. The van der Waals surface area contributed by atoms with E-state index >= 15 is 0 Å². The van der Waals surface area contributed by atoms with E-state index < -0.39 is 0 Å². The van der Waals surface area contributed by atoms with Crippen molar-refractivity contribution in [3.63, 3.8) is 0 Å². The van der Waals surface area contributed by atoms with Crippen LogP contribution in [-0.4, -0.2) is 20.2 Å². The third kappa shape index (κ3) is 1.66. The highest BCUT2D eigenvalue weighted by Crippen LogP contribution is 2.27. The van der Waals surface area contributed by atoms with Crippen molar-refractivity contribution in [2.45, 2.75) is 13.8 Å². The molecule has 0 radical (unpaired) electrons. The fourth-order valence-corrected chi connectivity index (χ4v) is 2.25. The van der Waals surface area contributed by atoms with Gasteiger partial charge in [-0.25, -0.2) is 9.97 Å². The molecule has 2 aromatic heterocycles. The zero-order valence-electron chi connectivity index (χ0n) is 10.0. The number of halogens is 1. The zero-order chi connectivity index (χ0) is 12.7. The molecule has 3 aromatic rings. The Bertz CT molecular complexity index is 733. The molecule has 0 saturated heterocycles. The Balaban J connectivity index is 2.29. The molecule has 4 nitrogen and oxygen atoms in total. The number of rotatable bonds is 1. The molecule has 0 aliphatic rings. The van der Waals surface area contributed by atoms with Crippen LogP contribution in [0.15, 0.2) is 24.3 Å². The highest BCUT2D eigenvalue weighted by Gasteiger charge is 2.12. The van der Waals surface area contributed by atoms with E-state index in [0.717, 1.165) is 22.3 Å². The van der Waals surface area contributed by atoms with Crippen LogP contribution in [0.2, 0.25) is 5.02 Å². The van der Waals surface area contributed by atoms with Gasteiger partial charge >= 0.3 is 0 Å². The molecule has 0 spiro atoms. The summed E-state index contributed by atoms with van der Waals surface area (Å²) >= 11 is 6.16. The van der Waals surface area contributed by atoms with Gasteiger partial charge < -0.3 is 0 Å². The Kier molecular flexibility index (Phi) is 2.52. The van der Waals surface area contributed by atoms with Gasteiger partial charge in [-0.2, -0.15) is 5.10 Å². The third-order valence-corrected chi connectivity index (χ3v) is 3.22. The van der Waals surface area contributed by atoms with E-state index in [0.29, 0.717) is 16.5 Å². The number of aryl methyl sites for hydroxylation is 2. The van der Waals surface area contributed by atoms with Gasteiger partial charge in [0.05, 0.1) is 16.1 Å². The molecule has 0 fully saturated rings. The van der Waals surface area contributed by atoms with Gasteiger partial charge in [0.1, 0.15) is 0 Å². The third-order valence-electron chi connectivity index (χ3n) is 2.89. The minimum Gasteiger partial charge on any atom is -0.280 e. The van der Waals surface area contributed by atoms with Crippen LogP contribution in [0.1, 0.15) is 11.4 Å². The smallest absolute Gasteiger partial charge is 0.185 e. The van der Waals surface area contributed by atoms with Crippen LogP contribution in [0.4, 0.5) is 0 Å². The Labute approximate surface area is 109 Å². The number of hydrogen-bond donors (Lipinski definition) is 1. The summed E-state index contributed by atoms with van der Waals surface area (Å²) < 4.78 is 0. The SMILES string of the molecule is Cc1nc(-c2ccccc2Cl)nc2n[nH]c(C)c12. The van der Waals surface area contributed by atoms with Gasteiger partial charge in [-0.1, -0.05) is 23.7 Å². The predicted molar refractivity (Wildman–Crippen MR) is 71.6 cm³/mol. The summed E-state index contributed by atoms with van der Waals surface area (Å²) in [4.78, 5) is 8.96. The van der Waals surface area contributed by atoms with Gasteiger partial charge in [0.2, 0.25) is 0 Å². The van der Waals surface area contributed by atoms with E-state index in [9.17, 15) is 0 Å². The monoisotopic (exact) mass is 258 g/mol. The molecule has 0 amide bonds. The van der Waals surface area contributed by atoms with Crippen molar-refractivity contribution in [1.29, 1.82) is 0 Å². The highest BCUT2D eigenvalue weighted by molar-refractivity contribution is 6.33. The number of nitrogens with zero attached hydrogens (tertiary/aromatic N) is 3. The molecular formula is C13H11ClN4. The predicted octanol–water partition coefficient (Wildman–Crippen LogP) is 3.29. The van der Waals surface area contributed by atoms with Crippen LogP contribution >= 0.6 is 11.6 Å². The lowest BCUT2D eigenvalue weighted by atomic mass is 10.2. The molecule has 90 valence electrons. The van der Waals surface area contributed by atoms with Crippen LogP contribution < -0.4 is 0 Å². The summed E-state index contributed by atoms with van der Waals surface area (Å²) in [6.45, 7) is 3.91. The van der Waals surface area contributed by atoms with E-state index in [1.54, 1.807) is 0 Å². The minimum atomic E-state index is 0.608. The number of hydrogen-bond acceptors (Lipinski definition) is 3. The number of aromatic amines is 1. The Morgan fingerprint density at radius 3 is 2.67 bits per heavy atom. The van der Waals surface area contributed by atoms with Crippen molar-refractivity contribution in [3.8, 4) is 11.4 Å². The van der Waals surface area contributed by atoms with Crippen LogP contribution in [0.25, 0.3) is 22.4 Å². The lowest BCUT2D eigenvalue weighted by Crippen LogP contribution is -1.94. The first-order chi connectivity index (χ1) is 8.66. The number of nitrogens with one attached hydrogen (secondary N) is 1. The maximum absolute atomic E-state index is 6.16. The lowest BCUT2D eigenvalue weighted by Gasteiger charge is -2.04. The van der Waals surface area contributed by atoms with Gasteiger partial charge in [0.25, 0.3) is 0 Å². The molecular weight excluding hydrogens is 248 g/mol. The van der Waals surface area contributed by atoms with Gasteiger partial charge in [-0.15, -0.1) is 0 Å². The fraction of sp³-hybridized carbons (Fsp3) is 0.154. The first-order valence-corrected chi connectivity index (χ1v) is 5.99. The van der Waals surface area contributed by atoms with E-state index in [4.69, 9.17) is 11.6 Å². The van der Waals surface area contributed by atoms with Crippen molar-refractivity contribution < 1.29 is 0 Å². The Morgan fingerprint density at radius 1 is 1.11 bits per heavy atom. The summed E-state index contributed by atoms with van der Waals surface area (Å²) in [6.07, 6.45) is 0. The Morgan fingerprint density at radius 2 is 1.89 bits per heavy atom. The second-order valence-corrected chi connectivity index (χ2v) is 4.57. The van der Waals surface area contributed by atoms with Crippen LogP contribution in [0.3, 0.4) is 0 Å². The van der Waals surface area contributed by atoms with Crippen molar-refractivity contribution in [3.05, 3.63) is 40.7 Å². The molecule has 0 aliphatic carbocycles. The molecule has 0 unspecified atom stereocenters. The average Bonchev–Trinajstić information content (AvgIpc) is 2.72. The standard InChI is InChI=1S/C13H11ClN4/c1-7-11-8(2)17-18-13(11)16-12(15-7)9-5-3-4-6-10(9)14/h3-6H,1-2H3,(H,15,16,17,18). The Hall–Kier alpha value is -1.94. The number of H-pyrrole nitrogens is 1. The van der Waals surface area contributed by atoms with Crippen molar-refractivity contribution in [2.75, 3.05) is 0 Å². The number of benzene rings is 1. The summed E-state index contributed by atoms with van der Waals surface area (Å²) in [5.74, 6) is 0.608. The van der Waals surface area contributed by atoms with Crippen LogP contribution in [0.5, 0.6) is 0 Å². The number of fused-ring (bicyclic) bond motifs is 1. The van der Waals surface area contributed by atoms with Crippen molar-refractivity contribution >= 4 is 22.6 Å². The number of aromatic nitrogens is 4. The van der Waals surface area contributed by atoms with E-state index in [1.807, 2.05) is 38.1 Å².